The van der Waals surface area contributed by atoms with Gasteiger partial charge in [0.15, 0.2) is 5.78 Å². The van der Waals surface area contributed by atoms with Gasteiger partial charge in [0.2, 0.25) is 0 Å². The lowest BCUT2D eigenvalue weighted by atomic mass is 10.1. The van der Waals surface area contributed by atoms with Gasteiger partial charge < -0.3 is 5.11 Å². The molecular weight excluding hydrogens is 216 g/mol. The van der Waals surface area contributed by atoms with Gasteiger partial charge in [-0.1, -0.05) is 12.1 Å². The van der Waals surface area contributed by atoms with E-state index in [1.807, 2.05) is 6.07 Å². The van der Waals surface area contributed by atoms with E-state index in [4.69, 9.17) is 0 Å². The second-order valence-corrected chi connectivity index (χ2v) is 3.95. The number of hydrogen-bond donors (Lipinski definition) is 1. The molecule has 0 amide bonds. The standard InChI is InChI=1S/C13H10N2O2/c1-8(16)11-7-14-13-10-3-2-4-12(17)9(10)5-6-15(11)13/h2-7,17H,1H3. The van der Waals surface area contributed by atoms with Crippen LogP contribution in [0.5, 0.6) is 5.75 Å². The molecule has 2 heterocycles. The summed E-state index contributed by atoms with van der Waals surface area (Å²) in [5.74, 6) is 0.189. The van der Waals surface area contributed by atoms with E-state index < -0.39 is 0 Å². The van der Waals surface area contributed by atoms with Crippen molar-refractivity contribution in [3.63, 3.8) is 0 Å². The van der Waals surface area contributed by atoms with Crippen molar-refractivity contribution in [2.45, 2.75) is 6.92 Å². The summed E-state index contributed by atoms with van der Waals surface area (Å²) in [7, 11) is 0. The summed E-state index contributed by atoms with van der Waals surface area (Å²) < 4.78 is 1.74. The van der Waals surface area contributed by atoms with Gasteiger partial charge in [-0.2, -0.15) is 0 Å². The lowest BCUT2D eigenvalue weighted by Gasteiger charge is -2.03. The van der Waals surface area contributed by atoms with Crippen LogP contribution in [0, 0.1) is 0 Å². The van der Waals surface area contributed by atoms with Crippen LogP contribution in [0.25, 0.3) is 16.4 Å². The Morgan fingerprint density at radius 1 is 1.29 bits per heavy atom. The fourth-order valence-corrected chi connectivity index (χ4v) is 2.04. The van der Waals surface area contributed by atoms with Crippen LogP contribution in [0.1, 0.15) is 17.4 Å². The van der Waals surface area contributed by atoms with Crippen molar-refractivity contribution < 1.29 is 9.90 Å². The predicted octanol–water partition coefficient (Wildman–Crippen LogP) is 2.40. The van der Waals surface area contributed by atoms with Crippen molar-refractivity contribution >= 4 is 22.2 Å². The molecule has 0 atom stereocenters. The summed E-state index contributed by atoms with van der Waals surface area (Å²) in [6, 6.07) is 7.06. The average Bonchev–Trinajstić information content (AvgIpc) is 2.73. The summed E-state index contributed by atoms with van der Waals surface area (Å²) in [4.78, 5) is 15.7. The number of carbonyl (C=O) groups excluding carboxylic acids is 1. The first kappa shape index (κ1) is 9.84. The molecule has 0 radical (unpaired) electrons. The Hall–Kier alpha value is -2.36. The number of hydrogen-bond acceptors (Lipinski definition) is 3. The van der Waals surface area contributed by atoms with Crippen molar-refractivity contribution in [3.05, 3.63) is 42.4 Å². The molecule has 84 valence electrons. The van der Waals surface area contributed by atoms with Gasteiger partial charge in [0.05, 0.1) is 6.20 Å². The van der Waals surface area contributed by atoms with Crippen LogP contribution in [0.15, 0.2) is 36.7 Å². The number of rotatable bonds is 1. The molecule has 4 heteroatoms. The first-order valence-electron chi connectivity index (χ1n) is 5.27. The van der Waals surface area contributed by atoms with Gasteiger partial charge >= 0.3 is 0 Å². The minimum absolute atomic E-state index is 0.0306. The van der Waals surface area contributed by atoms with E-state index in [0.29, 0.717) is 11.3 Å². The molecule has 0 saturated carbocycles. The highest BCUT2D eigenvalue weighted by Gasteiger charge is 2.10. The zero-order valence-electron chi connectivity index (χ0n) is 9.21. The van der Waals surface area contributed by atoms with Gasteiger partial charge in [-0.15, -0.1) is 0 Å². The normalized spacial score (nSPS) is 11.1. The Labute approximate surface area is 97.1 Å². The second kappa shape index (κ2) is 3.31. The third-order valence-corrected chi connectivity index (χ3v) is 2.87. The number of nitrogens with zero attached hydrogens (tertiary/aromatic N) is 2. The number of phenolic OH excluding ortho intramolecular Hbond substituents is 1. The number of pyridine rings is 1. The van der Waals surface area contributed by atoms with Crippen molar-refractivity contribution in [2.24, 2.45) is 0 Å². The number of benzene rings is 1. The van der Waals surface area contributed by atoms with E-state index in [0.717, 1.165) is 10.8 Å². The lowest BCUT2D eigenvalue weighted by molar-refractivity contribution is 0.101. The molecule has 0 aliphatic heterocycles. The van der Waals surface area contributed by atoms with Gasteiger partial charge in [0, 0.05) is 23.9 Å². The van der Waals surface area contributed by atoms with Crippen LogP contribution in [-0.4, -0.2) is 20.3 Å². The maximum Gasteiger partial charge on any atom is 0.178 e. The molecule has 17 heavy (non-hydrogen) atoms. The summed E-state index contributed by atoms with van der Waals surface area (Å²) in [5.41, 5.74) is 1.23. The number of phenols is 1. The number of Topliss-reactive ketones (excluding diaryl/α,β-unsaturated/α-hetero) is 1. The zero-order chi connectivity index (χ0) is 12.0. The van der Waals surface area contributed by atoms with E-state index in [-0.39, 0.29) is 11.5 Å². The summed E-state index contributed by atoms with van der Waals surface area (Å²) in [5, 5.41) is 11.3. The van der Waals surface area contributed by atoms with E-state index in [1.165, 1.54) is 6.92 Å². The molecule has 0 bridgehead atoms. The van der Waals surface area contributed by atoms with E-state index in [9.17, 15) is 9.90 Å². The molecule has 0 fully saturated rings. The molecular formula is C13H10N2O2. The summed E-state index contributed by atoms with van der Waals surface area (Å²) in [6.45, 7) is 1.51. The number of imidazole rings is 1. The van der Waals surface area contributed by atoms with E-state index in [1.54, 1.807) is 35.0 Å². The molecule has 3 aromatic rings. The van der Waals surface area contributed by atoms with Gasteiger partial charge in [-0.05, 0) is 12.1 Å². The average molecular weight is 226 g/mol. The fourth-order valence-electron chi connectivity index (χ4n) is 2.04. The van der Waals surface area contributed by atoms with Crippen molar-refractivity contribution in [3.8, 4) is 5.75 Å². The van der Waals surface area contributed by atoms with Crippen LogP contribution in [-0.2, 0) is 0 Å². The van der Waals surface area contributed by atoms with Crippen LogP contribution in [0.3, 0.4) is 0 Å². The van der Waals surface area contributed by atoms with Gasteiger partial charge in [0.25, 0.3) is 0 Å². The molecule has 1 aromatic carbocycles. The Bertz CT molecular complexity index is 744. The highest BCUT2D eigenvalue weighted by atomic mass is 16.3. The molecule has 2 aromatic heterocycles. The molecule has 0 unspecified atom stereocenters. The first-order valence-corrected chi connectivity index (χ1v) is 5.27. The van der Waals surface area contributed by atoms with Gasteiger partial charge in [-0.3, -0.25) is 9.20 Å². The van der Waals surface area contributed by atoms with Crippen LogP contribution in [0.2, 0.25) is 0 Å². The Morgan fingerprint density at radius 3 is 2.88 bits per heavy atom. The molecule has 0 saturated heterocycles. The first-order chi connectivity index (χ1) is 8.18. The van der Waals surface area contributed by atoms with Crippen LogP contribution >= 0.6 is 0 Å². The summed E-state index contributed by atoms with van der Waals surface area (Å²) >= 11 is 0. The summed E-state index contributed by atoms with van der Waals surface area (Å²) in [6.07, 6.45) is 3.31. The van der Waals surface area contributed by atoms with Crippen molar-refractivity contribution in [1.82, 2.24) is 9.38 Å². The Kier molecular flexibility index (Phi) is 1.92. The minimum atomic E-state index is -0.0306. The number of carbonyl (C=O) groups is 1. The predicted molar refractivity (Wildman–Crippen MR) is 64.4 cm³/mol. The third-order valence-electron chi connectivity index (χ3n) is 2.87. The number of ketones is 1. The number of aromatic nitrogens is 2. The largest absolute Gasteiger partial charge is 0.507 e. The molecule has 0 spiro atoms. The monoisotopic (exact) mass is 226 g/mol. The second-order valence-electron chi connectivity index (χ2n) is 3.95. The topological polar surface area (TPSA) is 54.6 Å². The third kappa shape index (κ3) is 1.30. The van der Waals surface area contributed by atoms with Gasteiger partial charge in [-0.25, -0.2) is 4.98 Å². The van der Waals surface area contributed by atoms with Crippen LogP contribution in [0.4, 0.5) is 0 Å². The Morgan fingerprint density at radius 2 is 2.12 bits per heavy atom. The van der Waals surface area contributed by atoms with E-state index >= 15 is 0 Å². The molecule has 0 aliphatic rings. The molecule has 0 aliphatic carbocycles. The van der Waals surface area contributed by atoms with E-state index in [2.05, 4.69) is 4.98 Å². The molecule has 3 rings (SSSR count). The van der Waals surface area contributed by atoms with Crippen molar-refractivity contribution in [2.75, 3.05) is 0 Å². The zero-order valence-corrected chi connectivity index (χ0v) is 9.21. The molecule has 4 nitrogen and oxygen atoms in total. The fraction of sp³-hybridized carbons (Fsp3) is 0.0769. The highest BCUT2D eigenvalue weighted by Crippen LogP contribution is 2.27. The highest BCUT2D eigenvalue weighted by molar-refractivity contribution is 6.00. The minimum Gasteiger partial charge on any atom is -0.507 e. The number of aromatic hydroxyl groups is 1. The Balaban J connectivity index is 2.50. The maximum absolute atomic E-state index is 11.4. The quantitative estimate of drug-likeness (QED) is 0.648. The smallest absolute Gasteiger partial charge is 0.178 e. The maximum atomic E-state index is 11.4. The van der Waals surface area contributed by atoms with Crippen LogP contribution < -0.4 is 0 Å². The number of fused-ring (bicyclic) bond motifs is 3. The SMILES string of the molecule is CC(=O)c1cnc2c3cccc(O)c3ccn12. The lowest BCUT2D eigenvalue weighted by Crippen LogP contribution is -1.97. The van der Waals surface area contributed by atoms with Crippen molar-refractivity contribution in [1.29, 1.82) is 0 Å². The van der Waals surface area contributed by atoms with Gasteiger partial charge in [0.1, 0.15) is 17.1 Å². The molecule has 1 N–H and O–H groups in total.